The fraction of sp³-hybridized carbons (Fsp3) is 0.217. The summed E-state index contributed by atoms with van der Waals surface area (Å²) in [5.74, 6) is 0.903. The zero-order valence-electron chi connectivity index (χ0n) is 17.9. The Morgan fingerprint density at radius 2 is 1.69 bits per heavy atom. The molecule has 0 saturated carbocycles. The van der Waals surface area contributed by atoms with Crippen molar-refractivity contribution in [2.45, 2.75) is 20.0 Å². The molecule has 0 unspecified atom stereocenters. The molecule has 2 aromatic carbocycles. The highest BCUT2D eigenvalue weighted by Crippen LogP contribution is 2.19. The van der Waals surface area contributed by atoms with E-state index in [1.165, 1.54) is 29.7 Å². The Balaban J connectivity index is 1.88. The van der Waals surface area contributed by atoms with Gasteiger partial charge >= 0.3 is 5.69 Å². The maximum Gasteiger partial charge on any atom is 0.337 e. The van der Waals surface area contributed by atoms with Gasteiger partial charge in [0.1, 0.15) is 11.5 Å². The lowest BCUT2D eigenvalue weighted by Gasteiger charge is -2.12. The molecule has 0 fully saturated rings. The van der Waals surface area contributed by atoms with Crippen LogP contribution in [-0.2, 0) is 13.1 Å². The van der Waals surface area contributed by atoms with Crippen molar-refractivity contribution in [3.8, 4) is 17.2 Å². The molecule has 4 aromatic rings. The van der Waals surface area contributed by atoms with E-state index in [1.54, 1.807) is 55.5 Å². The molecule has 0 bridgehead atoms. The number of hydrogen-bond donors (Lipinski definition) is 0. The van der Waals surface area contributed by atoms with Gasteiger partial charge in [0, 0.05) is 18.2 Å². The number of carbonyl (C=O) groups excluding carboxylic acids is 1. The number of fused-ring (bicyclic) bond motifs is 1. The summed E-state index contributed by atoms with van der Waals surface area (Å²) in [6.07, 6.45) is 1.40. The first-order valence-electron chi connectivity index (χ1n) is 10.0. The monoisotopic (exact) mass is 434 g/mol. The molecule has 32 heavy (non-hydrogen) atoms. The average Bonchev–Trinajstić information content (AvgIpc) is 3.22. The predicted octanol–water partition coefficient (Wildman–Crippen LogP) is 2.27. The standard InChI is InChI=1S/C23H22N4O5/c1-4-26-22(29)20-21(27(23(26)30)16-8-6-10-18(12-16)32-3)24-14-25(20)13-19(28)15-7-5-9-17(11-15)31-2/h5-12,14H,4,13H2,1-3H3. The summed E-state index contributed by atoms with van der Waals surface area (Å²) < 4.78 is 14.4. The maximum absolute atomic E-state index is 13.1. The first kappa shape index (κ1) is 21.1. The molecular weight excluding hydrogens is 412 g/mol. The number of rotatable bonds is 7. The van der Waals surface area contributed by atoms with E-state index in [4.69, 9.17) is 9.47 Å². The van der Waals surface area contributed by atoms with E-state index < -0.39 is 11.2 Å². The molecule has 0 amide bonds. The Kier molecular flexibility index (Phi) is 5.63. The molecule has 2 heterocycles. The minimum atomic E-state index is -0.511. The average molecular weight is 434 g/mol. The van der Waals surface area contributed by atoms with Gasteiger partial charge in [-0.3, -0.25) is 14.2 Å². The van der Waals surface area contributed by atoms with Crippen molar-refractivity contribution in [3.63, 3.8) is 0 Å². The van der Waals surface area contributed by atoms with E-state index in [2.05, 4.69) is 4.98 Å². The summed E-state index contributed by atoms with van der Waals surface area (Å²) in [6.45, 7) is 1.78. The van der Waals surface area contributed by atoms with Crippen LogP contribution < -0.4 is 20.7 Å². The topological polar surface area (TPSA) is 97.4 Å². The highest BCUT2D eigenvalue weighted by Gasteiger charge is 2.20. The maximum atomic E-state index is 13.1. The van der Waals surface area contributed by atoms with Gasteiger partial charge in [-0.2, -0.15) is 0 Å². The Morgan fingerprint density at radius 3 is 2.38 bits per heavy atom. The van der Waals surface area contributed by atoms with Crippen molar-refractivity contribution in [2.75, 3.05) is 14.2 Å². The molecule has 2 aromatic heterocycles. The Morgan fingerprint density at radius 1 is 1.00 bits per heavy atom. The van der Waals surface area contributed by atoms with Crippen LogP contribution in [0.4, 0.5) is 0 Å². The van der Waals surface area contributed by atoms with Crippen LogP contribution in [0.3, 0.4) is 0 Å². The number of hydrogen-bond acceptors (Lipinski definition) is 6. The van der Waals surface area contributed by atoms with Gasteiger partial charge in [-0.15, -0.1) is 0 Å². The van der Waals surface area contributed by atoms with E-state index in [-0.39, 0.29) is 30.0 Å². The van der Waals surface area contributed by atoms with E-state index in [9.17, 15) is 14.4 Å². The lowest BCUT2D eigenvalue weighted by atomic mass is 10.1. The first-order chi connectivity index (χ1) is 15.5. The number of aromatic nitrogens is 4. The van der Waals surface area contributed by atoms with Crippen LogP contribution in [0.1, 0.15) is 17.3 Å². The van der Waals surface area contributed by atoms with Gasteiger partial charge in [-0.25, -0.2) is 14.3 Å². The smallest absolute Gasteiger partial charge is 0.337 e. The predicted molar refractivity (Wildman–Crippen MR) is 119 cm³/mol. The largest absolute Gasteiger partial charge is 0.497 e. The SMILES string of the molecule is CCn1c(=O)c2c(ncn2CC(=O)c2cccc(OC)c2)n(-c2cccc(OC)c2)c1=O. The minimum absolute atomic E-state index is 0.112. The van der Waals surface area contributed by atoms with Crippen LogP contribution in [0.5, 0.6) is 11.5 Å². The summed E-state index contributed by atoms with van der Waals surface area (Å²) in [5, 5.41) is 0. The molecule has 0 aliphatic heterocycles. The number of methoxy groups -OCH3 is 2. The van der Waals surface area contributed by atoms with Gasteiger partial charge in [-0.1, -0.05) is 18.2 Å². The first-order valence-corrected chi connectivity index (χ1v) is 10.0. The van der Waals surface area contributed by atoms with E-state index >= 15 is 0 Å². The summed E-state index contributed by atoms with van der Waals surface area (Å²) in [6, 6.07) is 13.7. The summed E-state index contributed by atoms with van der Waals surface area (Å²) in [4.78, 5) is 43.5. The molecule has 0 N–H and O–H groups in total. The van der Waals surface area contributed by atoms with Gasteiger partial charge < -0.3 is 14.0 Å². The third-order valence-corrected chi connectivity index (χ3v) is 5.23. The van der Waals surface area contributed by atoms with Crippen LogP contribution in [0.25, 0.3) is 16.9 Å². The lowest BCUT2D eigenvalue weighted by molar-refractivity contribution is 0.0973. The zero-order valence-corrected chi connectivity index (χ0v) is 17.9. The second-order valence-corrected chi connectivity index (χ2v) is 7.07. The number of ketones is 1. The van der Waals surface area contributed by atoms with Crippen molar-refractivity contribution in [1.82, 2.24) is 18.7 Å². The molecular formula is C23H22N4O5. The van der Waals surface area contributed by atoms with Crippen molar-refractivity contribution in [2.24, 2.45) is 0 Å². The van der Waals surface area contributed by atoms with E-state index in [0.29, 0.717) is 22.7 Å². The van der Waals surface area contributed by atoms with Crippen molar-refractivity contribution >= 4 is 16.9 Å². The van der Waals surface area contributed by atoms with Crippen molar-refractivity contribution in [1.29, 1.82) is 0 Å². The highest BCUT2D eigenvalue weighted by atomic mass is 16.5. The van der Waals surface area contributed by atoms with Crippen LogP contribution in [0, 0.1) is 0 Å². The molecule has 9 nitrogen and oxygen atoms in total. The Bertz CT molecular complexity index is 1430. The van der Waals surface area contributed by atoms with Gasteiger partial charge in [0.15, 0.2) is 16.9 Å². The fourth-order valence-electron chi connectivity index (χ4n) is 3.60. The summed E-state index contributed by atoms with van der Waals surface area (Å²) in [7, 11) is 3.06. The van der Waals surface area contributed by atoms with Gasteiger partial charge in [0.05, 0.1) is 32.8 Å². The van der Waals surface area contributed by atoms with E-state index in [0.717, 1.165) is 4.57 Å². The van der Waals surface area contributed by atoms with Gasteiger partial charge in [0.25, 0.3) is 5.56 Å². The number of Topliss-reactive ketones (excluding diaryl/α,β-unsaturated/α-hetero) is 1. The molecule has 0 aliphatic rings. The molecule has 0 atom stereocenters. The molecule has 0 radical (unpaired) electrons. The molecule has 0 aliphatic carbocycles. The molecule has 164 valence electrons. The third kappa shape index (κ3) is 3.58. The van der Waals surface area contributed by atoms with E-state index in [1.807, 2.05) is 0 Å². The van der Waals surface area contributed by atoms with Gasteiger partial charge in [0.2, 0.25) is 0 Å². The fourth-order valence-corrected chi connectivity index (χ4v) is 3.60. The number of imidazole rings is 1. The lowest BCUT2D eigenvalue weighted by Crippen LogP contribution is -2.39. The molecule has 0 saturated heterocycles. The van der Waals surface area contributed by atoms with Crippen LogP contribution in [0.15, 0.2) is 64.4 Å². The normalized spacial score (nSPS) is 11.0. The quantitative estimate of drug-likeness (QED) is 0.414. The van der Waals surface area contributed by atoms with Crippen molar-refractivity contribution < 1.29 is 14.3 Å². The van der Waals surface area contributed by atoms with Crippen LogP contribution in [-0.4, -0.2) is 38.7 Å². The Hall–Kier alpha value is -4.14. The van der Waals surface area contributed by atoms with Crippen LogP contribution >= 0.6 is 0 Å². The number of nitrogens with zero attached hydrogens (tertiary/aromatic N) is 4. The summed E-state index contributed by atoms with van der Waals surface area (Å²) in [5.41, 5.74) is 0.293. The number of benzene rings is 2. The van der Waals surface area contributed by atoms with Gasteiger partial charge in [-0.05, 0) is 31.2 Å². The second kappa shape index (κ2) is 8.54. The number of ether oxygens (including phenoxy) is 2. The van der Waals surface area contributed by atoms with Crippen LogP contribution in [0.2, 0.25) is 0 Å². The van der Waals surface area contributed by atoms with Crippen molar-refractivity contribution in [3.05, 3.63) is 81.3 Å². The number of carbonyl (C=O) groups is 1. The highest BCUT2D eigenvalue weighted by molar-refractivity contribution is 5.96. The molecule has 0 spiro atoms. The molecule has 9 heteroatoms. The third-order valence-electron chi connectivity index (χ3n) is 5.23. The Labute approximate surface area is 183 Å². The minimum Gasteiger partial charge on any atom is -0.497 e. The molecule has 4 rings (SSSR count). The summed E-state index contributed by atoms with van der Waals surface area (Å²) >= 11 is 0. The second-order valence-electron chi connectivity index (χ2n) is 7.07. The zero-order chi connectivity index (χ0) is 22.8.